The summed E-state index contributed by atoms with van der Waals surface area (Å²) in [6, 6.07) is 4.99. The number of carbonyl (C=O) groups is 1. The molecule has 5 heteroatoms. The van der Waals surface area contributed by atoms with Crippen molar-refractivity contribution >= 4 is 5.97 Å². The SMILES string of the molecule is COC(=O)C(C)Oc1ccc(OC)cc1CO. The van der Waals surface area contributed by atoms with E-state index in [0.29, 0.717) is 17.1 Å². The quantitative estimate of drug-likeness (QED) is 0.781. The third-order valence-electron chi connectivity index (χ3n) is 2.27. The van der Waals surface area contributed by atoms with Crippen molar-refractivity contribution in [3.63, 3.8) is 0 Å². The van der Waals surface area contributed by atoms with Crippen LogP contribution in [0.2, 0.25) is 0 Å². The molecule has 0 aliphatic rings. The molecule has 0 saturated carbocycles. The van der Waals surface area contributed by atoms with Gasteiger partial charge in [-0.1, -0.05) is 0 Å². The first-order valence-corrected chi connectivity index (χ1v) is 5.14. The van der Waals surface area contributed by atoms with E-state index in [-0.39, 0.29) is 6.61 Å². The molecular formula is C12H16O5. The number of rotatable bonds is 5. The number of methoxy groups -OCH3 is 2. The lowest BCUT2D eigenvalue weighted by molar-refractivity contribution is -0.147. The van der Waals surface area contributed by atoms with Crippen molar-refractivity contribution in [2.75, 3.05) is 14.2 Å². The van der Waals surface area contributed by atoms with Crippen LogP contribution in [0.15, 0.2) is 18.2 Å². The summed E-state index contributed by atoms with van der Waals surface area (Å²) < 4.78 is 15.0. The Morgan fingerprint density at radius 1 is 1.41 bits per heavy atom. The van der Waals surface area contributed by atoms with Crippen LogP contribution in [0.3, 0.4) is 0 Å². The molecule has 1 unspecified atom stereocenters. The van der Waals surface area contributed by atoms with Crippen molar-refractivity contribution in [3.8, 4) is 11.5 Å². The van der Waals surface area contributed by atoms with Crippen molar-refractivity contribution in [2.24, 2.45) is 0 Å². The first kappa shape index (κ1) is 13.3. The van der Waals surface area contributed by atoms with Crippen LogP contribution in [0.25, 0.3) is 0 Å². The van der Waals surface area contributed by atoms with E-state index in [1.54, 1.807) is 25.1 Å². The van der Waals surface area contributed by atoms with Gasteiger partial charge in [0.05, 0.1) is 20.8 Å². The van der Waals surface area contributed by atoms with Crippen LogP contribution in [-0.2, 0) is 16.1 Å². The molecule has 1 atom stereocenters. The van der Waals surface area contributed by atoms with Crippen LogP contribution >= 0.6 is 0 Å². The summed E-state index contributed by atoms with van der Waals surface area (Å²) in [7, 11) is 2.83. The Hall–Kier alpha value is -1.75. The highest BCUT2D eigenvalue weighted by Crippen LogP contribution is 2.25. The first-order valence-electron chi connectivity index (χ1n) is 5.14. The Kier molecular flexibility index (Phi) is 4.78. The van der Waals surface area contributed by atoms with Gasteiger partial charge in [-0.05, 0) is 25.1 Å². The number of hydrogen-bond donors (Lipinski definition) is 1. The van der Waals surface area contributed by atoms with Crippen molar-refractivity contribution in [2.45, 2.75) is 19.6 Å². The second kappa shape index (κ2) is 6.10. The van der Waals surface area contributed by atoms with Gasteiger partial charge in [0.1, 0.15) is 11.5 Å². The fourth-order valence-corrected chi connectivity index (χ4v) is 1.33. The van der Waals surface area contributed by atoms with Gasteiger partial charge in [0, 0.05) is 5.56 Å². The van der Waals surface area contributed by atoms with Crippen LogP contribution in [0.4, 0.5) is 0 Å². The lowest BCUT2D eigenvalue weighted by atomic mass is 10.2. The monoisotopic (exact) mass is 240 g/mol. The predicted octanol–water partition coefficient (Wildman–Crippen LogP) is 1.13. The van der Waals surface area contributed by atoms with E-state index in [2.05, 4.69) is 4.74 Å². The molecule has 1 aromatic rings. The number of ether oxygens (including phenoxy) is 3. The van der Waals surface area contributed by atoms with E-state index in [1.165, 1.54) is 14.2 Å². The lowest BCUT2D eigenvalue weighted by Gasteiger charge is -2.15. The second-order valence-electron chi connectivity index (χ2n) is 3.42. The molecule has 0 bridgehead atoms. The maximum atomic E-state index is 11.2. The highest BCUT2D eigenvalue weighted by Gasteiger charge is 2.16. The van der Waals surface area contributed by atoms with Gasteiger partial charge in [0.15, 0.2) is 6.10 Å². The van der Waals surface area contributed by atoms with Crippen LogP contribution in [0.1, 0.15) is 12.5 Å². The van der Waals surface area contributed by atoms with E-state index in [9.17, 15) is 9.90 Å². The number of esters is 1. The summed E-state index contributed by atoms with van der Waals surface area (Å²) in [5, 5.41) is 9.20. The highest BCUT2D eigenvalue weighted by atomic mass is 16.6. The van der Waals surface area contributed by atoms with Gasteiger partial charge in [-0.25, -0.2) is 4.79 Å². The van der Waals surface area contributed by atoms with Crippen LogP contribution in [-0.4, -0.2) is 31.4 Å². The Labute approximate surface area is 99.9 Å². The molecule has 0 radical (unpaired) electrons. The van der Waals surface area contributed by atoms with Gasteiger partial charge in [0.25, 0.3) is 0 Å². The molecule has 1 rings (SSSR count). The van der Waals surface area contributed by atoms with E-state index < -0.39 is 12.1 Å². The molecule has 0 heterocycles. The third kappa shape index (κ3) is 3.35. The first-order chi connectivity index (χ1) is 8.12. The fourth-order valence-electron chi connectivity index (χ4n) is 1.33. The number of aliphatic hydroxyl groups excluding tert-OH is 1. The third-order valence-corrected chi connectivity index (χ3v) is 2.27. The number of hydrogen-bond acceptors (Lipinski definition) is 5. The number of aliphatic hydroxyl groups is 1. The van der Waals surface area contributed by atoms with E-state index in [0.717, 1.165) is 0 Å². The molecule has 0 aliphatic heterocycles. The maximum Gasteiger partial charge on any atom is 0.346 e. The van der Waals surface area contributed by atoms with E-state index in [4.69, 9.17) is 9.47 Å². The molecule has 94 valence electrons. The minimum absolute atomic E-state index is 0.194. The van der Waals surface area contributed by atoms with Crippen molar-refractivity contribution < 1.29 is 24.1 Å². The molecule has 0 fully saturated rings. The van der Waals surface area contributed by atoms with E-state index in [1.807, 2.05) is 0 Å². The second-order valence-corrected chi connectivity index (χ2v) is 3.42. The number of carbonyl (C=O) groups excluding carboxylic acids is 1. The Morgan fingerprint density at radius 3 is 2.65 bits per heavy atom. The zero-order valence-corrected chi connectivity index (χ0v) is 10.1. The molecule has 0 aromatic heterocycles. The minimum atomic E-state index is -0.723. The van der Waals surface area contributed by atoms with Gasteiger partial charge >= 0.3 is 5.97 Å². The van der Waals surface area contributed by atoms with Crippen molar-refractivity contribution in [1.29, 1.82) is 0 Å². The molecule has 0 aliphatic carbocycles. The standard InChI is InChI=1S/C12H16O5/c1-8(12(14)16-3)17-11-5-4-10(15-2)6-9(11)7-13/h4-6,8,13H,7H2,1-3H3. The maximum absolute atomic E-state index is 11.2. The van der Waals surface area contributed by atoms with Crippen LogP contribution in [0, 0.1) is 0 Å². The number of benzene rings is 1. The summed E-state index contributed by atoms with van der Waals surface area (Å²) in [6.45, 7) is 1.39. The normalized spacial score (nSPS) is 11.8. The molecule has 0 saturated heterocycles. The van der Waals surface area contributed by atoms with E-state index >= 15 is 0 Å². The summed E-state index contributed by atoms with van der Waals surface area (Å²) in [5.74, 6) is 0.586. The summed E-state index contributed by atoms with van der Waals surface area (Å²) in [4.78, 5) is 11.2. The average molecular weight is 240 g/mol. The van der Waals surface area contributed by atoms with Gasteiger partial charge in [0.2, 0.25) is 0 Å². The fraction of sp³-hybridized carbons (Fsp3) is 0.417. The molecule has 0 amide bonds. The molecule has 1 aromatic carbocycles. The van der Waals surface area contributed by atoms with Gasteiger partial charge < -0.3 is 19.3 Å². The average Bonchev–Trinajstić information content (AvgIpc) is 2.37. The van der Waals surface area contributed by atoms with Gasteiger partial charge in [-0.2, -0.15) is 0 Å². The molecule has 5 nitrogen and oxygen atoms in total. The molecular weight excluding hydrogens is 224 g/mol. The zero-order valence-electron chi connectivity index (χ0n) is 10.1. The topological polar surface area (TPSA) is 65.0 Å². The van der Waals surface area contributed by atoms with Crippen LogP contribution in [0.5, 0.6) is 11.5 Å². The van der Waals surface area contributed by atoms with Gasteiger partial charge in [-0.15, -0.1) is 0 Å². The predicted molar refractivity (Wildman–Crippen MR) is 61.0 cm³/mol. The Bertz CT molecular complexity index is 388. The largest absolute Gasteiger partial charge is 0.497 e. The molecule has 0 spiro atoms. The molecule has 1 N–H and O–H groups in total. The smallest absolute Gasteiger partial charge is 0.346 e. The van der Waals surface area contributed by atoms with Crippen molar-refractivity contribution in [3.05, 3.63) is 23.8 Å². The lowest BCUT2D eigenvalue weighted by Crippen LogP contribution is -2.25. The summed E-state index contributed by atoms with van der Waals surface area (Å²) in [6.07, 6.45) is -0.723. The molecule has 17 heavy (non-hydrogen) atoms. The zero-order chi connectivity index (χ0) is 12.8. The minimum Gasteiger partial charge on any atom is -0.497 e. The Balaban J connectivity index is 2.87. The summed E-state index contributed by atoms with van der Waals surface area (Å²) >= 11 is 0. The summed E-state index contributed by atoms with van der Waals surface area (Å²) in [5.41, 5.74) is 0.556. The van der Waals surface area contributed by atoms with Gasteiger partial charge in [-0.3, -0.25) is 0 Å². The van der Waals surface area contributed by atoms with Crippen molar-refractivity contribution in [1.82, 2.24) is 0 Å². The van der Waals surface area contributed by atoms with Crippen LogP contribution < -0.4 is 9.47 Å². The Morgan fingerprint density at radius 2 is 2.12 bits per heavy atom. The highest BCUT2D eigenvalue weighted by molar-refractivity contribution is 5.74.